The fourth-order valence-electron chi connectivity index (χ4n) is 3.04. The van der Waals surface area contributed by atoms with E-state index >= 15 is 0 Å². The van der Waals surface area contributed by atoms with Crippen molar-refractivity contribution in [3.8, 4) is 0 Å². The lowest BCUT2D eigenvalue weighted by Gasteiger charge is -2.27. The Labute approximate surface area is 135 Å². The molecule has 0 amide bonds. The molecule has 0 spiro atoms. The standard InChI is InChI=1S/C18H21N5/c1-22(13-15-7-9-23(21-15)16-10-19-11-16)12-14-6-8-20-18-5-3-2-4-17(14)18/h2-9,16,19H,10-13H2,1H3. The third-order valence-electron chi connectivity index (χ3n) is 4.41. The number of pyridine rings is 1. The summed E-state index contributed by atoms with van der Waals surface area (Å²) in [7, 11) is 2.14. The van der Waals surface area contributed by atoms with Gasteiger partial charge in [-0.15, -0.1) is 0 Å². The third-order valence-corrected chi connectivity index (χ3v) is 4.41. The van der Waals surface area contributed by atoms with Crippen LogP contribution in [0.2, 0.25) is 0 Å². The summed E-state index contributed by atoms with van der Waals surface area (Å²) in [6.45, 7) is 3.80. The number of hydrogen-bond donors (Lipinski definition) is 1. The molecule has 1 aliphatic heterocycles. The second-order valence-electron chi connectivity index (χ2n) is 6.26. The maximum atomic E-state index is 4.70. The van der Waals surface area contributed by atoms with Crippen LogP contribution in [0.4, 0.5) is 0 Å². The molecule has 1 aromatic carbocycles. The Morgan fingerprint density at radius 3 is 2.87 bits per heavy atom. The van der Waals surface area contributed by atoms with Crippen LogP contribution in [0.1, 0.15) is 17.3 Å². The van der Waals surface area contributed by atoms with Crippen molar-refractivity contribution in [3.05, 3.63) is 60.0 Å². The topological polar surface area (TPSA) is 46.0 Å². The SMILES string of the molecule is CN(Cc1ccn(C2CNC2)n1)Cc1ccnc2ccccc12. The molecular weight excluding hydrogens is 286 g/mol. The summed E-state index contributed by atoms with van der Waals surface area (Å²) in [5.74, 6) is 0. The van der Waals surface area contributed by atoms with Crippen molar-refractivity contribution in [2.45, 2.75) is 19.1 Å². The van der Waals surface area contributed by atoms with Crippen LogP contribution in [0, 0.1) is 0 Å². The van der Waals surface area contributed by atoms with Crippen molar-refractivity contribution < 1.29 is 0 Å². The Kier molecular flexibility index (Phi) is 3.81. The first kappa shape index (κ1) is 14.4. The lowest BCUT2D eigenvalue weighted by atomic mass is 10.1. The normalized spacial score (nSPS) is 15.2. The molecule has 118 valence electrons. The smallest absolute Gasteiger partial charge is 0.0767 e. The van der Waals surface area contributed by atoms with Crippen LogP contribution in [0.5, 0.6) is 0 Å². The highest BCUT2D eigenvalue weighted by Gasteiger charge is 2.19. The molecule has 1 saturated heterocycles. The number of fused-ring (bicyclic) bond motifs is 1. The maximum absolute atomic E-state index is 4.70. The summed E-state index contributed by atoms with van der Waals surface area (Å²) >= 11 is 0. The summed E-state index contributed by atoms with van der Waals surface area (Å²) in [5, 5.41) is 9.21. The number of benzene rings is 1. The molecule has 3 aromatic rings. The first-order valence-corrected chi connectivity index (χ1v) is 8.05. The van der Waals surface area contributed by atoms with Crippen LogP contribution in [0.3, 0.4) is 0 Å². The van der Waals surface area contributed by atoms with E-state index in [4.69, 9.17) is 5.10 Å². The van der Waals surface area contributed by atoms with Gasteiger partial charge in [0.2, 0.25) is 0 Å². The molecule has 5 nitrogen and oxygen atoms in total. The maximum Gasteiger partial charge on any atom is 0.0767 e. The number of hydrogen-bond acceptors (Lipinski definition) is 4. The summed E-state index contributed by atoms with van der Waals surface area (Å²) in [6.07, 6.45) is 3.99. The average molecular weight is 307 g/mol. The van der Waals surface area contributed by atoms with Gasteiger partial charge < -0.3 is 5.32 Å². The van der Waals surface area contributed by atoms with Crippen molar-refractivity contribution in [1.29, 1.82) is 0 Å². The number of rotatable bonds is 5. The predicted octanol–water partition coefficient (Wildman–Crippen LogP) is 2.21. The number of nitrogens with one attached hydrogen (secondary N) is 1. The van der Waals surface area contributed by atoms with E-state index in [1.54, 1.807) is 0 Å². The highest BCUT2D eigenvalue weighted by molar-refractivity contribution is 5.81. The van der Waals surface area contributed by atoms with Gasteiger partial charge >= 0.3 is 0 Å². The fraction of sp³-hybridized carbons (Fsp3) is 0.333. The van der Waals surface area contributed by atoms with Crippen LogP contribution in [-0.2, 0) is 13.1 Å². The Balaban J connectivity index is 1.46. The first-order chi connectivity index (χ1) is 11.3. The summed E-state index contributed by atoms with van der Waals surface area (Å²) in [5.41, 5.74) is 3.48. The molecule has 2 aromatic heterocycles. The number of para-hydroxylation sites is 1. The van der Waals surface area contributed by atoms with E-state index in [9.17, 15) is 0 Å². The van der Waals surface area contributed by atoms with E-state index in [0.717, 1.165) is 37.4 Å². The van der Waals surface area contributed by atoms with Gasteiger partial charge in [-0.2, -0.15) is 5.10 Å². The minimum atomic E-state index is 0.526. The minimum Gasteiger partial charge on any atom is -0.312 e. The van der Waals surface area contributed by atoms with Gasteiger partial charge in [-0.1, -0.05) is 18.2 Å². The van der Waals surface area contributed by atoms with Gasteiger partial charge in [0.25, 0.3) is 0 Å². The van der Waals surface area contributed by atoms with Gasteiger partial charge in [-0.3, -0.25) is 14.6 Å². The molecule has 0 saturated carbocycles. The van der Waals surface area contributed by atoms with Crippen LogP contribution in [0.15, 0.2) is 48.8 Å². The van der Waals surface area contributed by atoms with Crippen LogP contribution in [-0.4, -0.2) is 39.8 Å². The van der Waals surface area contributed by atoms with Crippen molar-refractivity contribution in [3.63, 3.8) is 0 Å². The van der Waals surface area contributed by atoms with E-state index in [0.29, 0.717) is 6.04 Å². The largest absolute Gasteiger partial charge is 0.312 e. The molecule has 1 fully saturated rings. The number of aromatic nitrogens is 3. The lowest BCUT2D eigenvalue weighted by molar-refractivity contribution is 0.298. The molecule has 1 aliphatic rings. The zero-order valence-corrected chi connectivity index (χ0v) is 13.3. The van der Waals surface area contributed by atoms with E-state index < -0.39 is 0 Å². The Hall–Kier alpha value is -2.24. The van der Waals surface area contributed by atoms with Crippen LogP contribution >= 0.6 is 0 Å². The van der Waals surface area contributed by atoms with Gasteiger partial charge in [0.05, 0.1) is 17.3 Å². The average Bonchev–Trinajstić information content (AvgIpc) is 2.93. The quantitative estimate of drug-likeness (QED) is 0.785. The summed E-state index contributed by atoms with van der Waals surface area (Å²) < 4.78 is 2.08. The molecule has 0 aliphatic carbocycles. The Morgan fingerprint density at radius 2 is 2.04 bits per heavy atom. The second-order valence-corrected chi connectivity index (χ2v) is 6.26. The van der Waals surface area contributed by atoms with Gasteiger partial charge in [0.1, 0.15) is 0 Å². The molecule has 23 heavy (non-hydrogen) atoms. The van der Waals surface area contributed by atoms with E-state index in [2.05, 4.69) is 63.5 Å². The molecule has 0 radical (unpaired) electrons. The predicted molar refractivity (Wildman–Crippen MR) is 91.0 cm³/mol. The fourth-order valence-corrected chi connectivity index (χ4v) is 3.04. The van der Waals surface area contributed by atoms with Crippen molar-refractivity contribution in [2.75, 3.05) is 20.1 Å². The minimum absolute atomic E-state index is 0.526. The van der Waals surface area contributed by atoms with Crippen LogP contribution < -0.4 is 5.32 Å². The van der Waals surface area contributed by atoms with Crippen molar-refractivity contribution in [1.82, 2.24) is 25.0 Å². The highest BCUT2D eigenvalue weighted by atomic mass is 15.3. The zero-order valence-electron chi connectivity index (χ0n) is 13.3. The lowest BCUT2D eigenvalue weighted by Crippen LogP contribution is -2.43. The van der Waals surface area contributed by atoms with E-state index in [1.165, 1.54) is 10.9 Å². The van der Waals surface area contributed by atoms with Gasteiger partial charge in [-0.25, -0.2) is 0 Å². The first-order valence-electron chi connectivity index (χ1n) is 8.05. The molecule has 1 N–H and O–H groups in total. The molecule has 0 bridgehead atoms. The van der Waals surface area contributed by atoms with E-state index in [1.807, 2.05) is 12.3 Å². The Bertz CT molecular complexity index is 801. The third kappa shape index (κ3) is 2.98. The van der Waals surface area contributed by atoms with Crippen LogP contribution in [0.25, 0.3) is 10.9 Å². The van der Waals surface area contributed by atoms with E-state index in [-0.39, 0.29) is 0 Å². The molecule has 4 rings (SSSR count). The summed E-state index contributed by atoms with van der Waals surface area (Å²) in [6, 6.07) is 13.1. The second kappa shape index (κ2) is 6.10. The van der Waals surface area contributed by atoms with Gasteiger partial charge in [-0.05, 0) is 30.8 Å². The molecule has 3 heterocycles. The molecule has 5 heteroatoms. The molecular formula is C18H21N5. The monoisotopic (exact) mass is 307 g/mol. The highest BCUT2D eigenvalue weighted by Crippen LogP contribution is 2.18. The van der Waals surface area contributed by atoms with Crippen molar-refractivity contribution >= 4 is 10.9 Å². The molecule has 0 atom stereocenters. The molecule has 0 unspecified atom stereocenters. The Morgan fingerprint density at radius 1 is 1.17 bits per heavy atom. The summed E-state index contributed by atoms with van der Waals surface area (Å²) in [4.78, 5) is 6.73. The van der Waals surface area contributed by atoms with Crippen molar-refractivity contribution in [2.24, 2.45) is 0 Å². The van der Waals surface area contributed by atoms with Gasteiger partial charge in [0.15, 0.2) is 0 Å². The van der Waals surface area contributed by atoms with Gasteiger partial charge in [0, 0.05) is 44.0 Å². The zero-order chi connectivity index (χ0) is 15.6. The number of nitrogens with zero attached hydrogens (tertiary/aromatic N) is 4.